The Labute approximate surface area is 112 Å². The number of hydrogen-bond donors (Lipinski definition) is 2. The van der Waals surface area contributed by atoms with Gasteiger partial charge in [-0.3, -0.25) is 4.79 Å². The van der Waals surface area contributed by atoms with Gasteiger partial charge in [-0.25, -0.2) is 0 Å². The van der Waals surface area contributed by atoms with Crippen molar-refractivity contribution in [2.45, 2.75) is 39.5 Å². The summed E-state index contributed by atoms with van der Waals surface area (Å²) in [5.41, 5.74) is 6.19. The van der Waals surface area contributed by atoms with Crippen LogP contribution in [0.15, 0.2) is 18.2 Å². The van der Waals surface area contributed by atoms with Crippen LogP contribution in [0.1, 0.15) is 26.3 Å². The Balaban J connectivity index is 2.70. The molecule has 5 heteroatoms. The Morgan fingerprint density at radius 3 is 2.61 bits per heavy atom. The fourth-order valence-electron chi connectivity index (χ4n) is 1.32. The number of primary amides is 1. The van der Waals surface area contributed by atoms with Crippen LogP contribution in [0.2, 0.25) is 5.02 Å². The van der Waals surface area contributed by atoms with Crippen molar-refractivity contribution in [3.63, 3.8) is 0 Å². The first-order chi connectivity index (χ1) is 8.40. The molecule has 0 saturated heterocycles. The number of hydrogen-bond acceptors (Lipinski definition) is 3. The average Bonchev–Trinajstić information content (AvgIpc) is 2.29. The number of rotatable bonds is 6. The molecule has 1 unspecified atom stereocenters. The van der Waals surface area contributed by atoms with Crippen LogP contribution in [0.5, 0.6) is 5.75 Å². The van der Waals surface area contributed by atoms with E-state index in [4.69, 9.17) is 22.1 Å². The Kier molecular flexibility index (Phi) is 5.44. The number of nitrogens with two attached hydrogens (primary N) is 1. The molecule has 0 aliphatic rings. The third kappa shape index (κ3) is 4.55. The average molecular weight is 271 g/mol. The topological polar surface area (TPSA) is 64.3 Å². The SMILES string of the molecule is CC(C)NCc1ccc(OC(C)C(N)=O)c(Cl)c1. The highest BCUT2D eigenvalue weighted by Gasteiger charge is 2.12. The van der Waals surface area contributed by atoms with Gasteiger partial charge in [0.15, 0.2) is 6.10 Å². The standard InChI is InChI=1S/C13H19ClN2O2/c1-8(2)16-7-10-4-5-12(11(14)6-10)18-9(3)13(15)17/h4-6,8-9,16H,7H2,1-3H3,(H2,15,17). The molecule has 0 radical (unpaired) electrons. The molecule has 1 amide bonds. The van der Waals surface area contributed by atoms with Gasteiger partial charge in [-0.15, -0.1) is 0 Å². The van der Waals surface area contributed by atoms with E-state index in [9.17, 15) is 4.79 Å². The lowest BCUT2D eigenvalue weighted by molar-refractivity contribution is -0.123. The maximum Gasteiger partial charge on any atom is 0.258 e. The van der Waals surface area contributed by atoms with E-state index in [1.807, 2.05) is 12.1 Å². The summed E-state index contributed by atoms with van der Waals surface area (Å²) in [6.45, 7) is 6.48. The van der Waals surface area contributed by atoms with Gasteiger partial charge in [0.1, 0.15) is 5.75 Å². The molecule has 0 aliphatic heterocycles. The summed E-state index contributed by atoms with van der Waals surface area (Å²) >= 11 is 6.09. The zero-order chi connectivity index (χ0) is 13.7. The van der Waals surface area contributed by atoms with Gasteiger partial charge in [0.05, 0.1) is 5.02 Å². The number of carbonyl (C=O) groups is 1. The summed E-state index contributed by atoms with van der Waals surface area (Å²) in [7, 11) is 0. The lowest BCUT2D eigenvalue weighted by Gasteiger charge is -2.14. The van der Waals surface area contributed by atoms with Crippen LogP contribution in [-0.4, -0.2) is 18.1 Å². The van der Waals surface area contributed by atoms with Gasteiger partial charge in [0.25, 0.3) is 5.91 Å². The molecule has 18 heavy (non-hydrogen) atoms. The summed E-state index contributed by atoms with van der Waals surface area (Å²) < 4.78 is 5.36. The highest BCUT2D eigenvalue weighted by atomic mass is 35.5. The fourth-order valence-corrected chi connectivity index (χ4v) is 1.57. The summed E-state index contributed by atoms with van der Waals surface area (Å²) in [6.07, 6.45) is -0.692. The third-order valence-corrected chi connectivity index (χ3v) is 2.71. The number of halogens is 1. The van der Waals surface area contributed by atoms with Crippen LogP contribution in [0.3, 0.4) is 0 Å². The number of carbonyl (C=O) groups excluding carboxylic acids is 1. The van der Waals surface area contributed by atoms with Gasteiger partial charge >= 0.3 is 0 Å². The lowest BCUT2D eigenvalue weighted by Crippen LogP contribution is -2.30. The molecule has 1 rings (SSSR count). The van der Waals surface area contributed by atoms with Crippen molar-refractivity contribution in [3.05, 3.63) is 28.8 Å². The third-order valence-electron chi connectivity index (χ3n) is 2.42. The van der Waals surface area contributed by atoms with Gasteiger partial charge in [0, 0.05) is 12.6 Å². The molecule has 0 aliphatic carbocycles. The van der Waals surface area contributed by atoms with Crippen molar-refractivity contribution in [2.24, 2.45) is 5.73 Å². The Hall–Kier alpha value is -1.26. The summed E-state index contributed by atoms with van der Waals surface area (Å²) in [5.74, 6) is -0.0483. The van der Waals surface area contributed by atoms with E-state index in [2.05, 4.69) is 19.2 Å². The zero-order valence-corrected chi connectivity index (χ0v) is 11.6. The minimum atomic E-state index is -0.692. The molecule has 100 valence electrons. The second-order valence-electron chi connectivity index (χ2n) is 4.46. The normalized spacial score (nSPS) is 12.5. The maximum absolute atomic E-state index is 10.9. The molecule has 1 aromatic carbocycles. The van der Waals surface area contributed by atoms with Gasteiger partial charge in [-0.05, 0) is 24.6 Å². The number of nitrogens with one attached hydrogen (secondary N) is 1. The molecule has 1 aromatic rings. The second-order valence-corrected chi connectivity index (χ2v) is 4.87. The van der Waals surface area contributed by atoms with E-state index in [-0.39, 0.29) is 0 Å². The zero-order valence-electron chi connectivity index (χ0n) is 10.9. The molecule has 0 heterocycles. The minimum absolute atomic E-state index is 0.412. The van der Waals surface area contributed by atoms with E-state index in [1.165, 1.54) is 0 Å². The van der Waals surface area contributed by atoms with E-state index in [1.54, 1.807) is 13.0 Å². The molecule has 0 bridgehead atoms. The minimum Gasteiger partial charge on any atom is -0.479 e. The van der Waals surface area contributed by atoms with E-state index >= 15 is 0 Å². The van der Waals surface area contributed by atoms with Crippen molar-refractivity contribution in [1.82, 2.24) is 5.32 Å². The predicted molar refractivity (Wildman–Crippen MR) is 72.7 cm³/mol. The summed E-state index contributed by atoms with van der Waals surface area (Å²) in [6, 6.07) is 5.89. The number of benzene rings is 1. The van der Waals surface area contributed by atoms with Crippen LogP contribution in [0, 0.1) is 0 Å². The molecule has 0 fully saturated rings. The van der Waals surface area contributed by atoms with E-state index in [0.29, 0.717) is 16.8 Å². The van der Waals surface area contributed by atoms with Crippen molar-refractivity contribution >= 4 is 17.5 Å². The largest absolute Gasteiger partial charge is 0.479 e. The van der Waals surface area contributed by atoms with E-state index in [0.717, 1.165) is 12.1 Å². The van der Waals surface area contributed by atoms with Crippen LogP contribution in [0.4, 0.5) is 0 Å². The van der Waals surface area contributed by atoms with Crippen molar-refractivity contribution in [3.8, 4) is 5.75 Å². The molecule has 0 saturated carbocycles. The van der Waals surface area contributed by atoms with Gasteiger partial charge in [-0.2, -0.15) is 0 Å². The Morgan fingerprint density at radius 1 is 1.44 bits per heavy atom. The van der Waals surface area contributed by atoms with Crippen LogP contribution < -0.4 is 15.8 Å². The van der Waals surface area contributed by atoms with Crippen molar-refractivity contribution in [2.75, 3.05) is 0 Å². The van der Waals surface area contributed by atoms with Crippen LogP contribution in [-0.2, 0) is 11.3 Å². The highest BCUT2D eigenvalue weighted by Crippen LogP contribution is 2.26. The summed E-state index contributed by atoms with van der Waals surface area (Å²) in [4.78, 5) is 10.9. The highest BCUT2D eigenvalue weighted by molar-refractivity contribution is 6.32. The molecule has 0 spiro atoms. The van der Waals surface area contributed by atoms with Gasteiger partial charge < -0.3 is 15.8 Å². The monoisotopic (exact) mass is 270 g/mol. The first-order valence-electron chi connectivity index (χ1n) is 5.88. The Bertz CT molecular complexity index is 421. The molecule has 1 atom stereocenters. The molecule has 4 nitrogen and oxygen atoms in total. The molecular formula is C13H19ClN2O2. The van der Waals surface area contributed by atoms with Crippen molar-refractivity contribution in [1.29, 1.82) is 0 Å². The maximum atomic E-state index is 10.9. The van der Waals surface area contributed by atoms with E-state index < -0.39 is 12.0 Å². The van der Waals surface area contributed by atoms with Crippen LogP contribution in [0.25, 0.3) is 0 Å². The fraction of sp³-hybridized carbons (Fsp3) is 0.462. The molecule has 3 N–H and O–H groups in total. The van der Waals surface area contributed by atoms with Crippen molar-refractivity contribution < 1.29 is 9.53 Å². The Morgan fingerprint density at radius 2 is 2.11 bits per heavy atom. The van der Waals surface area contributed by atoms with Gasteiger partial charge in [-0.1, -0.05) is 31.5 Å². The van der Waals surface area contributed by atoms with Crippen LogP contribution >= 0.6 is 11.6 Å². The first kappa shape index (κ1) is 14.8. The first-order valence-corrected chi connectivity index (χ1v) is 6.25. The van der Waals surface area contributed by atoms with Gasteiger partial charge in [0.2, 0.25) is 0 Å². The number of ether oxygens (including phenoxy) is 1. The summed E-state index contributed by atoms with van der Waals surface area (Å²) in [5, 5.41) is 3.77. The predicted octanol–water partition coefficient (Wildman–Crippen LogP) is 2.09. The number of amides is 1. The smallest absolute Gasteiger partial charge is 0.258 e. The lowest BCUT2D eigenvalue weighted by atomic mass is 10.2. The molecular weight excluding hydrogens is 252 g/mol. The molecule has 0 aromatic heterocycles. The second kappa shape index (κ2) is 6.61. The quantitative estimate of drug-likeness (QED) is 0.832.